The third-order valence-corrected chi connectivity index (χ3v) is 4.75. The predicted octanol–water partition coefficient (Wildman–Crippen LogP) is 0.972. The number of likely N-dealkylation sites (N-methyl/N-ethyl adjacent to an activating group) is 1. The van der Waals surface area contributed by atoms with Crippen LogP contribution in [0, 0.1) is 5.82 Å². The lowest BCUT2D eigenvalue weighted by atomic mass is 10.3. The Balaban J connectivity index is 2.57. The Kier molecular flexibility index (Phi) is 6.68. The number of sulfone groups is 1. The van der Waals surface area contributed by atoms with Gasteiger partial charge in [-0.15, -0.1) is 0 Å². The molecule has 2 amide bonds. The smallest absolute Gasteiger partial charge is 0.239 e. The van der Waals surface area contributed by atoms with Crippen molar-refractivity contribution in [2.24, 2.45) is 0 Å². The summed E-state index contributed by atoms with van der Waals surface area (Å²) in [5, 5.41) is 2.65. The summed E-state index contributed by atoms with van der Waals surface area (Å²) in [5.41, 5.74) is 0. The van der Waals surface area contributed by atoms with Crippen molar-refractivity contribution >= 4 is 21.7 Å². The van der Waals surface area contributed by atoms with Crippen molar-refractivity contribution in [2.45, 2.75) is 31.2 Å². The molecule has 0 atom stereocenters. The maximum atomic E-state index is 12.8. The second kappa shape index (κ2) is 8.05. The SMILES string of the molecule is CC(C)NC(=O)CN(C)C(=O)CCS(=O)(=O)c1ccc(F)cc1. The molecule has 0 saturated heterocycles. The molecule has 128 valence electrons. The summed E-state index contributed by atoms with van der Waals surface area (Å²) < 4.78 is 36.9. The molecule has 1 aromatic rings. The van der Waals surface area contributed by atoms with E-state index in [0.29, 0.717) is 0 Å². The zero-order valence-corrected chi connectivity index (χ0v) is 14.2. The van der Waals surface area contributed by atoms with E-state index in [-0.39, 0.29) is 29.8 Å². The van der Waals surface area contributed by atoms with Gasteiger partial charge in [0.2, 0.25) is 11.8 Å². The number of hydrogen-bond acceptors (Lipinski definition) is 4. The van der Waals surface area contributed by atoms with Crippen LogP contribution in [-0.4, -0.2) is 50.5 Å². The molecule has 0 unspecified atom stereocenters. The number of carbonyl (C=O) groups is 2. The fourth-order valence-corrected chi connectivity index (χ4v) is 3.07. The number of rotatable bonds is 7. The summed E-state index contributed by atoms with van der Waals surface area (Å²) in [6, 6.07) is 4.39. The van der Waals surface area contributed by atoms with Crippen molar-refractivity contribution in [3.8, 4) is 0 Å². The first-order valence-corrected chi connectivity index (χ1v) is 8.78. The molecule has 23 heavy (non-hydrogen) atoms. The standard InChI is InChI=1S/C15H21FN2O4S/c1-11(2)17-14(19)10-18(3)15(20)8-9-23(21,22)13-6-4-12(16)5-7-13/h4-7,11H,8-10H2,1-3H3,(H,17,19). The Labute approximate surface area is 135 Å². The molecule has 1 aromatic carbocycles. The van der Waals surface area contributed by atoms with Crippen molar-refractivity contribution in [3.05, 3.63) is 30.1 Å². The number of amides is 2. The van der Waals surface area contributed by atoms with E-state index in [9.17, 15) is 22.4 Å². The van der Waals surface area contributed by atoms with Crippen LogP contribution in [0.2, 0.25) is 0 Å². The van der Waals surface area contributed by atoms with Crippen LogP contribution in [0.1, 0.15) is 20.3 Å². The minimum Gasteiger partial charge on any atom is -0.352 e. The zero-order chi connectivity index (χ0) is 17.6. The van der Waals surface area contributed by atoms with Crippen molar-refractivity contribution in [1.82, 2.24) is 10.2 Å². The van der Waals surface area contributed by atoms with Gasteiger partial charge in [0.25, 0.3) is 0 Å². The highest BCUT2D eigenvalue weighted by Gasteiger charge is 2.19. The maximum absolute atomic E-state index is 12.8. The van der Waals surface area contributed by atoms with Gasteiger partial charge in [-0.25, -0.2) is 12.8 Å². The normalized spacial score (nSPS) is 11.3. The first kappa shape index (κ1) is 19.1. The molecule has 1 rings (SSSR count). The van der Waals surface area contributed by atoms with Gasteiger partial charge < -0.3 is 10.2 Å². The van der Waals surface area contributed by atoms with Crippen LogP contribution in [0.3, 0.4) is 0 Å². The van der Waals surface area contributed by atoms with E-state index in [4.69, 9.17) is 0 Å². The topological polar surface area (TPSA) is 83.6 Å². The van der Waals surface area contributed by atoms with Crippen molar-refractivity contribution in [3.63, 3.8) is 0 Å². The van der Waals surface area contributed by atoms with E-state index in [1.165, 1.54) is 11.9 Å². The van der Waals surface area contributed by atoms with Crippen LogP contribution < -0.4 is 5.32 Å². The molecule has 0 radical (unpaired) electrons. The number of hydrogen-bond donors (Lipinski definition) is 1. The molecule has 0 spiro atoms. The molecule has 6 nitrogen and oxygen atoms in total. The fourth-order valence-electron chi connectivity index (χ4n) is 1.84. The highest BCUT2D eigenvalue weighted by Crippen LogP contribution is 2.13. The molecular weight excluding hydrogens is 323 g/mol. The van der Waals surface area contributed by atoms with E-state index in [0.717, 1.165) is 24.3 Å². The number of nitrogens with one attached hydrogen (secondary N) is 1. The minimum atomic E-state index is -3.67. The quantitative estimate of drug-likeness (QED) is 0.747. The summed E-state index contributed by atoms with van der Waals surface area (Å²) in [6.45, 7) is 3.47. The summed E-state index contributed by atoms with van der Waals surface area (Å²) in [6.07, 6.45) is -0.245. The van der Waals surface area contributed by atoms with Crippen molar-refractivity contribution in [2.75, 3.05) is 19.3 Å². The number of carbonyl (C=O) groups excluding carboxylic acids is 2. The Morgan fingerprint density at radius 3 is 2.30 bits per heavy atom. The average Bonchev–Trinajstić information content (AvgIpc) is 2.44. The molecule has 0 fully saturated rings. The monoisotopic (exact) mass is 344 g/mol. The first-order chi connectivity index (χ1) is 10.6. The van der Waals surface area contributed by atoms with Gasteiger partial charge in [0, 0.05) is 19.5 Å². The average molecular weight is 344 g/mol. The Morgan fingerprint density at radius 2 is 1.78 bits per heavy atom. The lowest BCUT2D eigenvalue weighted by Crippen LogP contribution is -2.41. The molecule has 0 aliphatic heterocycles. The van der Waals surface area contributed by atoms with Crippen LogP contribution in [0.25, 0.3) is 0 Å². The molecule has 0 heterocycles. The molecule has 0 aliphatic carbocycles. The lowest BCUT2D eigenvalue weighted by Gasteiger charge is -2.17. The molecule has 8 heteroatoms. The van der Waals surface area contributed by atoms with E-state index >= 15 is 0 Å². The van der Waals surface area contributed by atoms with E-state index in [2.05, 4.69) is 5.32 Å². The second-order valence-electron chi connectivity index (χ2n) is 5.49. The molecule has 0 aliphatic rings. The van der Waals surface area contributed by atoms with Gasteiger partial charge in [0.1, 0.15) is 5.82 Å². The number of benzene rings is 1. The molecular formula is C15H21FN2O4S. The number of halogens is 1. The van der Waals surface area contributed by atoms with Crippen LogP contribution in [0.4, 0.5) is 4.39 Å². The van der Waals surface area contributed by atoms with E-state index in [1.54, 1.807) is 13.8 Å². The van der Waals surface area contributed by atoms with Crippen LogP contribution >= 0.6 is 0 Å². The maximum Gasteiger partial charge on any atom is 0.239 e. The van der Waals surface area contributed by atoms with Crippen LogP contribution in [0.15, 0.2) is 29.2 Å². The van der Waals surface area contributed by atoms with Gasteiger partial charge in [-0.3, -0.25) is 9.59 Å². The second-order valence-corrected chi connectivity index (χ2v) is 7.60. The summed E-state index contributed by atoms with van der Waals surface area (Å²) >= 11 is 0. The minimum absolute atomic E-state index is 0.0353. The van der Waals surface area contributed by atoms with Crippen LogP contribution in [0.5, 0.6) is 0 Å². The molecule has 1 N–H and O–H groups in total. The van der Waals surface area contributed by atoms with E-state index < -0.39 is 27.3 Å². The summed E-state index contributed by atoms with van der Waals surface area (Å²) in [4.78, 5) is 24.6. The van der Waals surface area contributed by atoms with Gasteiger partial charge in [-0.1, -0.05) is 0 Å². The summed E-state index contributed by atoms with van der Waals surface area (Å²) in [5.74, 6) is -1.68. The first-order valence-electron chi connectivity index (χ1n) is 7.13. The zero-order valence-electron chi connectivity index (χ0n) is 13.4. The molecule has 0 aromatic heterocycles. The molecule has 0 saturated carbocycles. The van der Waals surface area contributed by atoms with Gasteiger partial charge in [0.05, 0.1) is 17.2 Å². The Hall–Kier alpha value is -1.96. The lowest BCUT2D eigenvalue weighted by molar-refractivity contribution is -0.134. The molecule has 0 bridgehead atoms. The van der Waals surface area contributed by atoms with Crippen molar-refractivity contribution < 1.29 is 22.4 Å². The van der Waals surface area contributed by atoms with E-state index in [1.807, 2.05) is 0 Å². The van der Waals surface area contributed by atoms with Crippen molar-refractivity contribution in [1.29, 1.82) is 0 Å². The third-order valence-electron chi connectivity index (χ3n) is 3.01. The fraction of sp³-hybridized carbons (Fsp3) is 0.467. The Bertz CT molecular complexity index is 657. The largest absolute Gasteiger partial charge is 0.352 e. The van der Waals surface area contributed by atoms with Gasteiger partial charge in [0.15, 0.2) is 9.84 Å². The number of nitrogens with zero attached hydrogens (tertiary/aromatic N) is 1. The van der Waals surface area contributed by atoms with Gasteiger partial charge >= 0.3 is 0 Å². The highest BCUT2D eigenvalue weighted by atomic mass is 32.2. The highest BCUT2D eigenvalue weighted by molar-refractivity contribution is 7.91. The third kappa shape index (κ3) is 6.35. The van der Waals surface area contributed by atoms with Crippen LogP contribution in [-0.2, 0) is 19.4 Å². The predicted molar refractivity (Wildman–Crippen MR) is 84.0 cm³/mol. The van der Waals surface area contributed by atoms with Gasteiger partial charge in [-0.05, 0) is 38.1 Å². The Morgan fingerprint density at radius 1 is 1.22 bits per heavy atom. The van der Waals surface area contributed by atoms with Gasteiger partial charge in [-0.2, -0.15) is 0 Å². The summed E-state index contributed by atoms with van der Waals surface area (Å²) in [7, 11) is -2.23.